The molecule has 4 nitrogen and oxygen atoms in total. The highest BCUT2D eigenvalue weighted by atomic mass is 16.6. The topological polar surface area (TPSA) is 55.4 Å². The Balaban J connectivity index is 2.62. The average Bonchev–Trinajstić information content (AvgIpc) is 2.34. The van der Waals surface area contributed by atoms with Gasteiger partial charge in [-0.1, -0.05) is 33.1 Å². The van der Waals surface area contributed by atoms with E-state index in [0.29, 0.717) is 0 Å². The molecule has 116 valence electrons. The highest BCUT2D eigenvalue weighted by Crippen LogP contribution is 2.24. The molecular formula is C16H29NO3. The number of rotatable bonds is 4. The number of carbonyl (C=O) groups is 2. The van der Waals surface area contributed by atoms with Crippen molar-refractivity contribution in [1.29, 1.82) is 0 Å². The summed E-state index contributed by atoms with van der Waals surface area (Å²) in [7, 11) is 0. The van der Waals surface area contributed by atoms with Crippen LogP contribution in [-0.4, -0.2) is 23.5 Å². The third-order valence-electron chi connectivity index (χ3n) is 3.60. The summed E-state index contributed by atoms with van der Waals surface area (Å²) < 4.78 is 5.40. The Morgan fingerprint density at radius 1 is 1.10 bits per heavy atom. The van der Waals surface area contributed by atoms with E-state index in [0.717, 1.165) is 25.7 Å². The summed E-state index contributed by atoms with van der Waals surface area (Å²) in [6.45, 7) is 9.37. The molecule has 0 aliphatic heterocycles. The summed E-state index contributed by atoms with van der Waals surface area (Å²) in [5.41, 5.74) is -0.528. The Morgan fingerprint density at radius 3 is 2.10 bits per heavy atom. The molecule has 1 N–H and O–H groups in total. The molecule has 0 saturated heterocycles. The van der Waals surface area contributed by atoms with E-state index in [4.69, 9.17) is 4.74 Å². The maximum absolute atomic E-state index is 12.3. The van der Waals surface area contributed by atoms with E-state index < -0.39 is 11.6 Å². The highest BCUT2D eigenvalue weighted by Gasteiger charge is 2.31. The van der Waals surface area contributed by atoms with Gasteiger partial charge >= 0.3 is 5.97 Å². The Labute approximate surface area is 122 Å². The number of hydrogen-bond acceptors (Lipinski definition) is 3. The van der Waals surface area contributed by atoms with Crippen LogP contribution in [0.25, 0.3) is 0 Å². The van der Waals surface area contributed by atoms with E-state index in [2.05, 4.69) is 5.32 Å². The summed E-state index contributed by atoms with van der Waals surface area (Å²) in [5, 5.41) is 2.90. The van der Waals surface area contributed by atoms with Gasteiger partial charge in [-0.05, 0) is 39.5 Å². The summed E-state index contributed by atoms with van der Waals surface area (Å²) in [6.07, 6.45) is 5.30. The molecule has 0 aromatic carbocycles. The zero-order valence-corrected chi connectivity index (χ0v) is 13.5. The molecule has 1 aliphatic rings. The zero-order chi connectivity index (χ0) is 15.3. The largest absolute Gasteiger partial charge is 0.458 e. The normalized spacial score (nSPS) is 18.7. The van der Waals surface area contributed by atoms with Crippen molar-refractivity contribution in [1.82, 2.24) is 5.32 Å². The predicted octanol–water partition coefficient (Wildman–Crippen LogP) is 3.05. The standard InChI is InChI=1S/C16H29NO3/c1-11(2)13(15(19)20-16(3,4)5)17-14(18)12-9-7-6-8-10-12/h11-13H,6-10H2,1-5H3,(H,17,18)/t13-/m0/s1. The van der Waals surface area contributed by atoms with Crippen LogP contribution in [0.2, 0.25) is 0 Å². The van der Waals surface area contributed by atoms with Gasteiger partial charge in [0.05, 0.1) is 0 Å². The first-order valence-electron chi connectivity index (χ1n) is 7.74. The van der Waals surface area contributed by atoms with Gasteiger partial charge in [-0.25, -0.2) is 4.79 Å². The van der Waals surface area contributed by atoms with Gasteiger partial charge in [0.15, 0.2) is 0 Å². The SMILES string of the molecule is CC(C)[C@H](NC(=O)C1CCCCC1)C(=O)OC(C)(C)C. The lowest BCUT2D eigenvalue weighted by Gasteiger charge is -2.28. The van der Waals surface area contributed by atoms with Crippen LogP contribution in [0.1, 0.15) is 66.7 Å². The first kappa shape index (κ1) is 17.0. The summed E-state index contributed by atoms with van der Waals surface area (Å²) in [4.78, 5) is 24.4. The van der Waals surface area contributed by atoms with Gasteiger partial charge in [0.1, 0.15) is 11.6 Å². The van der Waals surface area contributed by atoms with Crippen molar-refractivity contribution in [3.8, 4) is 0 Å². The molecule has 20 heavy (non-hydrogen) atoms. The van der Waals surface area contributed by atoms with Crippen LogP contribution in [0, 0.1) is 11.8 Å². The van der Waals surface area contributed by atoms with Gasteiger partial charge in [0, 0.05) is 5.92 Å². The third-order valence-corrected chi connectivity index (χ3v) is 3.60. The van der Waals surface area contributed by atoms with Crippen molar-refractivity contribution >= 4 is 11.9 Å². The summed E-state index contributed by atoms with van der Waals surface area (Å²) >= 11 is 0. The van der Waals surface area contributed by atoms with Crippen molar-refractivity contribution < 1.29 is 14.3 Å². The second-order valence-corrected chi connectivity index (χ2v) is 7.10. The van der Waals surface area contributed by atoms with Crippen LogP contribution < -0.4 is 5.32 Å². The van der Waals surface area contributed by atoms with E-state index >= 15 is 0 Å². The van der Waals surface area contributed by atoms with E-state index in [1.807, 2.05) is 34.6 Å². The minimum Gasteiger partial charge on any atom is -0.458 e. The minimum atomic E-state index is -0.552. The Kier molecular flexibility index (Phi) is 6.03. The van der Waals surface area contributed by atoms with Crippen LogP contribution in [0.3, 0.4) is 0 Å². The molecule has 4 heteroatoms. The lowest BCUT2D eigenvalue weighted by atomic mass is 9.88. The maximum Gasteiger partial charge on any atom is 0.329 e. The highest BCUT2D eigenvalue weighted by molar-refractivity contribution is 5.86. The van der Waals surface area contributed by atoms with Gasteiger partial charge < -0.3 is 10.1 Å². The second-order valence-electron chi connectivity index (χ2n) is 7.10. The van der Waals surface area contributed by atoms with Gasteiger partial charge in [0.2, 0.25) is 5.91 Å². The predicted molar refractivity (Wildman–Crippen MR) is 79.2 cm³/mol. The molecule has 0 bridgehead atoms. The van der Waals surface area contributed by atoms with Crippen molar-refractivity contribution in [3.05, 3.63) is 0 Å². The molecule has 0 unspecified atom stereocenters. The number of carbonyl (C=O) groups excluding carboxylic acids is 2. The van der Waals surface area contributed by atoms with E-state index in [1.54, 1.807) is 0 Å². The molecule has 1 aliphatic carbocycles. The summed E-state index contributed by atoms with van der Waals surface area (Å²) in [5.74, 6) is -0.240. The fourth-order valence-electron chi connectivity index (χ4n) is 2.50. The molecular weight excluding hydrogens is 254 g/mol. The molecule has 0 radical (unpaired) electrons. The smallest absolute Gasteiger partial charge is 0.329 e. The Hall–Kier alpha value is -1.06. The zero-order valence-electron chi connectivity index (χ0n) is 13.5. The molecule has 0 spiro atoms. The van der Waals surface area contributed by atoms with Crippen molar-refractivity contribution in [2.45, 2.75) is 78.4 Å². The Morgan fingerprint density at radius 2 is 1.65 bits per heavy atom. The number of esters is 1. The molecule has 0 aromatic rings. The van der Waals surface area contributed by atoms with E-state index in [1.165, 1.54) is 6.42 Å². The number of hydrogen-bond donors (Lipinski definition) is 1. The fourth-order valence-corrected chi connectivity index (χ4v) is 2.50. The molecule has 0 heterocycles. The molecule has 0 aromatic heterocycles. The van der Waals surface area contributed by atoms with Gasteiger partial charge in [-0.2, -0.15) is 0 Å². The third kappa shape index (κ3) is 5.51. The first-order valence-corrected chi connectivity index (χ1v) is 7.74. The number of ether oxygens (including phenoxy) is 1. The van der Waals surface area contributed by atoms with Crippen molar-refractivity contribution in [3.63, 3.8) is 0 Å². The molecule has 1 rings (SSSR count). The molecule has 1 fully saturated rings. The first-order chi connectivity index (χ1) is 9.20. The maximum atomic E-state index is 12.3. The lowest BCUT2D eigenvalue weighted by Crippen LogP contribution is -2.49. The van der Waals surface area contributed by atoms with E-state index in [-0.39, 0.29) is 23.7 Å². The average molecular weight is 283 g/mol. The van der Waals surface area contributed by atoms with Crippen LogP contribution in [0.15, 0.2) is 0 Å². The molecule has 1 atom stereocenters. The quantitative estimate of drug-likeness (QED) is 0.807. The second kappa shape index (κ2) is 7.09. The van der Waals surface area contributed by atoms with Gasteiger partial charge in [-0.15, -0.1) is 0 Å². The molecule has 1 saturated carbocycles. The Bertz CT molecular complexity index is 338. The number of nitrogens with one attached hydrogen (secondary N) is 1. The fraction of sp³-hybridized carbons (Fsp3) is 0.875. The van der Waals surface area contributed by atoms with Crippen LogP contribution >= 0.6 is 0 Å². The number of amides is 1. The van der Waals surface area contributed by atoms with Gasteiger partial charge in [0.25, 0.3) is 0 Å². The molecule has 1 amide bonds. The van der Waals surface area contributed by atoms with Gasteiger partial charge in [-0.3, -0.25) is 4.79 Å². The monoisotopic (exact) mass is 283 g/mol. The van der Waals surface area contributed by atoms with Crippen LogP contribution in [0.4, 0.5) is 0 Å². The van der Waals surface area contributed by atoms with E-state index in [9.17, 15) is 9.59 Å². The minimum absolute atomic E-state index is 0.00857. The van der Waals surface area contributed by atoms with Crippen LogP contribution in [0.5, 0.6) is 0 Å². The van der Waals surface area contributed by atoms with Crippen LogP contribution in [-0.2, 0) is 14.3 Å². The lowest BCUT2D eigenvalue weighted by molar-refractivity contribution is -0.160. The summed E-state index contributed by atoms with van der Waals surface area (Å²) in [6, 6.07) is -0.552. The van der Waals surface area contributed by atoms with Crippen molar-refractivity contribution in [2.75, 3.05) is 0 Å². The van der Waals surface area contributed by atoms with Crippen molar-refractivity contribution in [2.24, 2.45) is 11.8 Å².